The zero-order valence-corrected chi connectivity index (χ0v) is 13.6. The van der Waals surface area contributed by atoms with E-state index in [0.29, 0.717) is 16.6 Å². The van der Waals surface area contributed by atoms with E-state index in [9.17, 15) is 4.79 Å². The highest BCUT2D eigenvalue weighted by atomic mass is 35.5. The highest BCUT2D eigenvalue weighted by Crippen LogP contribution is 2.36. The van der Waals surface area contributed by atoms with Crippen LogP contribution in [-0.2, 0) is 4.74 Å². The average Bonchev–Trinajstić information content (AvgIpc) is 2.41. The summed E-state index contributed by atoms with van der Waals surface area (Å²) >= 11 is 7.92. The molecule has 1 heterocycles. The molecule has 0 aliphatic carbocycles. The van der Waals surface area contributed by atoms with E-state index in [1.54, 1.807) is 12.1 Å². The summed E-state index contributed by atoms with van der Waals surface area (Å²) in [5.41, 5.74) is 1.49. The molecule has 0 amide bonds. The molecule has 5 heteroatoms. The Balaban J connectivity index is 2.26. The van der Waals surface area contributed by atoms with Crippen LogP contribution in [0.15, 0.2) is 18.2 Å². The maximum Gasteiger partial charge on any atom is 0.340 e. The predicted octanol–water partition coefficient (Wildman–Crippen LogP) is 4.07. The first-order chi connectivity index (χ1) is 9.44. The maximum atomic E-state index is 11.9. The van der Waals surface area contributed by atoms with E-state index < -0.39 is 0 Å². The Hall–Kier alpha value is -0.870. The van der Waals surface area contributed by atoms with Gasteiger partial charge in [0.1, 0.15) is 0 Å². The number of hydrogen-bond donors (Lipinski definition) is 1. The lowest BCUT2D eigenvalue weighted by atomic mass is 9.82. The van der Waals surface area contributed by atoms with Gasteiger partial charge in [0, 0.05) is 22.5 Å². The maximum absolute atomic E-state index is 11.9. The highest BCUT2D eigenvalue weighted by Gasteiger charge is 2.33. The molecule has 0 aromatic heterocycles. The minimum atomic E-state index is -0.365. The smallest absolute Gasteiger partial charge is 0.340 e. The predicted molar refractivity (Wildman–Crippen MR) is 85.9 cm³/mol. The van der Waals surface area contributed by atoms with Crippen LogP contribution in [0.3, 0.4) is 0 Å². The van der Waals surface area contributed by atoms with Gasteiger partial charge in [0.2, 0.25) is 0 Å². The third-order valence-corrected chi connectivity index (χ3v) is 5.13. The van der Waals surface area contributed by atoms with Gasteiger partial charge in [-0.1, -0.05) is 25.4 Å². The van der Waals surface area contributed by atoms with Crippen LogP contribution >= 0.6 is 23.4 Å². The number of rotatable bonds is 3. The molecule has 1 saturated heterocycles. The fourth-order valence-corrected chi connectivity index (χ4v) is 4.06. The standard InChI is InChI=1S/C15H20ClNO2S/c1-15(2)6-7-20-9-13(15)17-12-5-4-10(16)8-11(12)14(18)19-3/h4-5,8,13,17H,6-7,9H2,1-3H3. The van der Waals surface area contributed by atoms with Crippen molar-refractivity contribution in [3.63, 3.8) is 0 Å². The minimum absolute atomic E-state index is 0.207. The zero-order chi connectivity index (χ0) is 14.8. The third kappa shape index (κ3) is 3.41. The molecule has 1 atom stereocenters. The number of esters is 1. The second-order valence-corrected chi connectivity index (χ2v) is 7.28. The molecular weight excluding hydrogens is 294 g/mol. The fourth-order valence-electron chi connectivity index (χ4n) is 2.28. The molecule has 0 radical (unpaired) electrons. The zero-order valence-electron chi connectivity index (χ0n) is 12.0. The van der Waals surface area contributed by atoms with Gasteiger partial charge in [-0.3, -0.25) is 0 Å². The number of methoxy groups -OCH3 is 1. The molecule has 110 valence electrons. The van der Waals surface area contributed by atoms with Gasteiger partial charge in [0.05, 0.1) is 12.7 Å². The summed E-state index contributed by atoms with van der Waals surface area (Å²) in [5, 5.41) is 4.04. The number of ether oxygens (including phenoxy) is 1. The number of anilines is 1. The average molecular weight is 314 g/mol. The van der Waals surface area contributed by atoms with Gasteiger partial charge in [0.25, 0.3) is 0 Å². The number of benzene rings is 1. The normalized spacial score (nSPS) is 21.3. The van der Waals surface area contributed by atoms with Gasteiger partial charge in [-0.25, -0.2) is 4.79 Å². The number of hydrogen-bond acceptors (Lipinski definition) is 4. The number of thioether (sulfide) groups is 1. The Morgan fingerprint density at radius 1 is 1.50 bits per heavy atom. The van der Waals surface area contributed by atoms with Crippen LogP contribution < -0.4 is 5.32 Å². The molecule has 2 rings (SSSR count). The Morgan fingerprint density at radius 2 is 2.25 bits per heavy atom. The molecule has 3 nitrogen and oxygen atoms in total. The Bertz CT molecular complexity index is 505. The molecule has 1 unspecified atom stereocenters. The molecule has 1 fully saturated rings. The molecule has 20 heavy (non-hydrogen) atoms. The number of halogens is 1. The van der Waals surface area contributed by atoms with E-state index >= 15 is 0 Å². The summed E-state index contributed by atoms with van der Waals surface area (Å²) in [6.45, 7) is 4.52. The lowest BCUT2D eigenvalue weighted by molar-refractivity contribution is 0.0601. The fraction of sp³-hybridized carbons (Fsp3) is 0.533. The van der Waals surface area contributed by atoms with Gasteiger partial charge in [0.15, 0.2) is 0 Å². The molecule has 0 bridgehead atoms. The Kier molecular flexibility index (Phi) is 4.86. The van der Waals surface area contributed by atoms with Crippen molar-refractivity contribution in [2.75, 3.05) is 23.9 Å². The van der Waals surface area contributed by atoms with Crippen LogP contribution in [0.5, 0.6) is 0 Å². The third-order valence-electron chi connectivity index (χ3n) is 3.84. The van der Waals surface area contributed by atoms with Crippen molar-refractivity contribution in [2.45, 2.75) is 26.3 Å². The molecule has 1 aromatic carbocycles. The first kappa shape index (κ1) is 15.5. The largest absolute Gasteiger partial charge is 0.465 e. The van der Waals surface area contributed by atoms with Crippen LogP contribution in [0.1, 0.15) is 30.6 Å². The molecule has 1 aliphatic rings. The van der Waals surface area contributed by atoms with Crippen LogP contribution in [0.2, 0.25) is 5.02 Å². The molecule has 1 aromatic rings. The van der Waals surface area contributed by atoms with E-state index in [4.69, 9.17) is 16.3 Å². The number of nitrogens with one attached hydrogen (secondary N) is 1. The molecule has 0 spiro atoms. The summed E-state index contributed by atoms with van der Waals surface area (Å²) in [6.07, 6.45) is 1.16. The monoisotopic (exact) mass is 313 g/mol. The van der Waals surface area contributed by atoms with E-state index in [1.165, 1.54) is 12.9 Å². The van der Waals surface area contributed by atoms with Crippen molar-refractivity contribution in [3.05, 3.63) is 28.8 Å². The van der Waals surface area contributed by atoms with E-state index in [1.807, 2.05) is 17.8 Å². The summed E-state index contributed by atoms with van der Waals surface area (Å²) in [7, 11) is 1.38. The summed E-state index contributed by atoms with van der Waals surface area (Å²) in [5.74, 6) is 1.86. The van der Waals surface area contributed by atoms with Gasteiger partial charge < -0.3 is 10.1 Å². The van der Waals surface area contributed by atoms with Crippen molar-refractivity contribution in [1.29, 1.82) is 0 Å². The molecular formula is C15H20ClNO2S. The van der Waals surface area contributed by atoms with Crippen molar-refractivity contribution in [1.82, 2.24) is 0 Å². The molecule has 1 aliphatic heterocycles. The van der Waals surface area contributed by atoms with Crippen LogP contribution in [-0.4, -0.2) is 30.6 Å². The Morgan fingerprint density at radius 3 is 2.90 bits per heavy atom. The second kappa shape index (κ2) is 6.27. The number of carbonyl (C=O) groups excluding carboxylic acids is 1. The van der Waals surface area contributed by atoms with E-state index in [-0.39, 0.29) is 11.4 Å². The van der Waals surface area contributed by atoms with Crippen molar-refractivity contribution < 1.29 is 9.53 Å². The van der Waals surface area contributed by atoms with E-state index in [0.717, 1.165) is 17.9 Å². The van der Waals surface area contributed by atoms with E-state index in [2.05, 4.69) is 19.2 Å². The topological polar surface area (TPSA) is 38.3 Å². The van der Waals surface area contributed by atoms with Gasteiger partial charge in [-0.15, -0.1) is 0 Å². The molecule has 0 saturated carbocycles. The quantitative estimate of drug-likeness (QED) is 0.854. The van der Waals surface area contributed by atoms with Crippen molar-refractivity contribution >= 4 is 35.0 Å². The molecule has 1 N–H and O–H groups in total. The summed E-state index contributed by atoms with van der Waals surface area (Å²) in [4.78, 5) is 11.9. The first-order valence-electron chi connectivity index (χ1n) is 6.66. The Labute approximate surface area is 129 Å². The SMILES string of the molecule is COC(=O)c1cc(Cl)ccc1NC1CSCCC1(C)C. The minimum Gasteiger partial charge on any atom is -0.465 e. The lowest BCUT2D eigenvalue weighted by Gasteiger charge is -2.39. The number of carbonyl (C=O) groups is 1. The van der Waals surface area contributed by atoms with Gasteiger partial charge in [-0.2, -0.15) is 11.8 Å². The van der Waals surface area contributed by atoms with Crippen LogP contribution in [0.4, 0.5) is 5.69 Å². The van der Waals surface area contributed by atoms with Crippen molar-refractivity contribution in [3.8, 4) is 0 Å². The van der Waals surface area contributed by atoms with Crippen LogP contribution in [0, 0.1) is 5.41 Å². The van der Waals surface area contributed by atoms with Gasteiger partial charge in [-0.05, 0) is 35.8 Å². The first-order valence-corrected chi connectivity index (χ1v) is 8.19. The second-order valence-electron chi connectivity index (χ2n) is 5.69. The van der Waals surface area contributed by atoms with Crippen LogP contribution in [0.25, 0.3) is 0 Å². The lowest BCUT2D eigenvalue weighted by Crippen LogP contribution is -2.42. The summed E-state index contributed by atoms with van der Waals surface area (Å²) < 4.78 is 4.83. The summed E-state index contributed by atoms with van der Waals surface area (Å²) in [6, 6.07) is 5.62. The van der Waals surface area contributed by atoms with Gasteiger partial charge >= 0.3 is 5.97 Å². The van der Waals surface area contributed by atoms with Crippen molar-refractivity contribution in [2.24, 2.45) is 5.41 Å². The highest BCUT2D eigenvalue weighted by molar-refractivity contribution is 7.99.